The van der Waals surface area contributed by atoms with E-state index in [0.29, 0.717) is 32.0 Å². The average molecular weight is 283 g/mol. The lowest BCUT2D eigenvalue weighted by Gasteiger charge is -2.26. The molecule has 1 aromatic rings. The highest BCUT2D eigenvalue weighted by Crippen LogP contribution is 2.21. The van der Waals surface area contributed by atoms with Crippen LogP contribution in [0.2, 0.25) is 0 Å². The van der Waals surface area contributed by atoms with E-state index in [1.165, 1.54) is 0 Å². The summed E-state index contributed by atoms with van der Waals surface area (Å²) in [5, 5.41) is 15.2. The van der Waals surface area contributed by atoms with Crippen LogP contribution in [0.1, 0.15) is 51.3 Å². The maximum absolute atomic E-state index is 10.6. The van der Waals surface area contributed by atoms with E-state index in [0.717, 1.165) is 25.0 Å². The van der Waals surface area contributed by atoms with Crippen LogP contribution in [-0.2, 0) is 11.2 Å². The molecule has 0 spiro atoms. The Hall–Kier alpha value is -0.910. The van der Waals surface area contributed by atoms with Crippen molar-refractivity contribution < 1.29 is 9.84 Å². The summed E-state index contributed by atoms with van der Waals surface area (Å²) in [6.45, 7) is 5.22. The summed E-state index contributed by atoms with van der Waals surface area (Å²) in [7, 11) is 1.61. The van der Waals surface area contributed by atoms with Crippen LogP contribution in [0, 0.1) is 0 Å². The maximum atomic E-state index is 10.6. The van der Waals surface area contributed by atoms with E-state index in [1.54, 1.807) is 7.11 Å². The Balaban J connectivity index is 2.73. The molecule has 0 saturated heterocycles. The van der Waals surface area contributed by atoms with Crippen LogP contribution < -0.4 is 5.73 Å². The first-order valence-electron chi connectivity index (χ1n) is 7.54. The van der Waals surface area contributed by atoms with Gasteiger partial charge in [-0.05, 0) is 38.3 Å². The molecule has 20 heavy (non-hydrogen) atoms. The molecule has 1 atom stereocenters. The van der Waals surface area contributed by atoms with E-state index in [1.807, 2.05) is 16.9 Å². The number of aromatic nitrogens is 2. The van der Waals surface area contributed by atoms with Gasteiger partial charge in [-0.15, -0.1) is 0 Å². The number of aliphatic hydroxyl groups is 1. The van der Waals surface area contributed by atoms with Gasteiger partial charge < -0.3 is 15.6 Å². The zero-order valence-corrected chi connectivity index (χ0v) is 13.0. The fourth-order valence-corrected chi connectivity index (χ4v) is 2.59. The largest absolute Gasteiger partial charge is 0.387 e. The summed E-state index contributed by atoms with van der Waals surface area (Å²) < 4.78 is 7.15. The fourth-order valence-electron chi connectivity index (χ4n) is 2.59. The normalized spacial score (nSPS) is 14.7. The van der Waals surface area contributed by atoms with Crippen molar-refractivity contribution in [3.8, 4) is 0 Å². The topological polar surface area (TPSA) is 73.3 Å². The van der Waals surface area contributed by atoms with Crippen molar-refractivity contribution in [2.45, 2.75) is 57.6 Å². The van der Waals surface area contributed by atoms with Crippen molar-refractivity contribution in [1.82, 2.24) is 9.78 Å². The molecule has 1 unspecified atom stereocenters. The highest BCUT2D eigenvalue weighted by Gasteiger charge is 2.28. The van der Waals surface area contributed by atoms with Crippen molar-refractivity contribution in [2.24, 2.45) is 5.73 Å². The van der Waals surface area contributed by atoms with Gasteiger partial charge in [0.05, 0.1) is 23.9 Å². The maximum Gasteiger partial charge on any atom is 0.0936 e. The van der Waals surface area contributed by atoms with Gasteiger partial charge in [0.15, 0.2) is 0 Å². The summed E-state index contributed by atoms with van der Waals surface area (Å²) in [4.78, 5) is 0. The van der Waals surface area contributed by atoms with E-state index in [4.69, 9.17) is 10.5 Å². The molecular weight excluding hydrogens is 254 g/mol. The second-order valence-electron chi connectivity index (χ2n) is 5.48. The second kappa shape index (κ2) is 8.39. The summed E-state index contributed by atoms with van der Waals surface area (Å²) in [6, 6.07) is 2.42. The molecule has 116 valence electrons. The first kappa shape index (κ1) is 17.1. The first-order valence-corrected chi connectivity index (χ1v) is 7.54. The number of hydrogen-bond acceptors (Lipinski definition) is 4. The van der Waals surface area contributed by atoms with Crippen LogP contribution in [0.4, 0.5) is 0 Å². The SMILES string of the molecule is CCC(CC)n1ccc(CC(O)(CCCN)COC)n1. The Labute approximate surface area is 122 Å². The van der Waals surface area contributed by atoms with Gasteiger partial charge >= 0.3 is 0 Å². The Bertz CT molecular complexity index is 377. The number of rotatable bonds is 10. The number of nitrogens with zero attached hydrogens (tertiary/aromatic N) is 2. The third-order valence-corrected chi connectivity index (χ3v) is 3.75. The minimum atomic E-state index is -0.874. The van der Waals surface area contributed by atoms with Crippen LogP contribution in [0.15, 0.2) is 12.3 Å². The van der Waals surface area contributed by atoms with Gasteiger partial charge in [-0.3, -0.25) is 4.68 Å². The van der Waals surface area contributed by atoms with Gasteiger partial charge in [0.25, 0.3) is 0 Å². The second-order valence-corrected chi connectivity index (χ2v) is 5.48. The molecule has 1 heterocycles. The molecule has 5 heteroatoms. The van der Waals surface area contributed by atoms with E-state index in [9.17, 15) is 5.11 Å². The average Bonchev–Trinajstić information content (AvgIpc) is 2.86. The summed E-state index contributed by atoms with van der Waals surface area (Å²) in [5.41, 5.74) is 5.57. The number of ether oxygens (including phenoxy) is 1. The molecule has 1 aromatic heterocycles. The molecule has 5 nitrogen and oxygen atoms in total. The number of hydrogen-bond donors (Lipinski definition) is 2. The zero-order chi connectivity index (χ0) is 15.0. The van der Waals surface area contributed by atoms with Crippen molar-refractivity contribution in [3.63, 3.8) is 0 Å². The number of nitrogens with two attached hydrogens (primary N) is 1. The molecule has 0 radical (unpaired) electrons. The Morgan fingerprint density at radius 3 is 2.70 bits per heavy atom. The van der Waals surface area contributed by atoms with Gasteiger partial charge in [-0.25, -0.2) is 0 Å². The molecule has 0 aromatic carbocycles. The predicted molar refractivity (Wildman–Crippen MR) is 80.7 cm³/mol. The predicted octanol–water partition coefficient (Wildman–Crippen LogP) is 1.90. The molecule has 0 amide bonds. The van der Waals surface area contributed by atoms with E-state index < -0.39 is 5.60 Å². The Kier molecular flexibility index (Phi) is 7.19. The van der Waals surface area contributed by atoms with Crippen molar-refractivity contribution in [1.29, 1.82) is 0 Å². The molecule has 0 saturated carbocycles. The van der Waals surface area contributed by atoms with Crippen LogP contribution in [-0.4, -0.2) is 40.7 Å². The minimum Gasteiger partial charge on any atom is -0.387 e. The zero-order valence-electron chi connectivity index (χ0n) is 13.0. The fraction of sp³-hybridized carbons (Fsp3) is 0.800. The van der Waals surface area contributed by atoms with Crippen LogP contribution >= 0.6 is 0 Å². The molecule has 1 rings (SSSR count). The van der Waals surface area contributed by atoms with Gasteiger partial charge in [0.1, 0.15) is 0 Å². The third-order valence-electron chi connectivity index (χ3n) is 3.75. The Morgan fingerprint density at radius 2 is 2.15 bits per heavy atom. The van der Waals surface area contributed by atoms with E-state index in [2.05, 4.69) is 18.9 Å². The highest BCUT2D eigenvalue weighted by molar-refractivity contribution is 5.05. The summed E-state index contributed by atoms with van der Waals surface area (Å²) >= 11 is 0. The molecular formula is C15H29N3O2. The quantitative estimate of drug-likeness (QED) is 0.688. The van der Waals surface area contributed by atoms with Crippen molar-refractivity contribution in [2.75, 3.05) is 20.3 Å². The third kappa shape index (κ3) is 4.89. The summed E-state index contributed by atoms with van der Waals surface area (Å²) in [5.74, 6) is 0. The lowest BCUT2D eigenvalue weighted by Crippen LogP contribution is -2.37. The smallest absolute Gasteiger partial charge is 0.0936 e. The van der Waals surface area contributed by atoms with E-state index >= 15 is 0 Å². The standard InChI is InChI=1S/C15H29N3O2/c1-4-14(5-2)18-10-7-13(17-18)11-15(19,12-20-3)8-6-9-16/h7,10,14,19H,4-6,8-9,11-12,16H2,1-3H3. The van der Waals surface area contributed by atoms with Crippen molar-refractivity contribution >= 4 is 0 Å². The van der Waals surface area contributed by atoms with Gasteiger partial charge in [0.2, 0.25) is 0 Å². The molecule has 0 fully saturated rings. The lowest BCUT2D eigenvalue weighted by atomic mass is 9.93. The molecule has 3 N–H and O–H groups in total. The first-order chi connectivity index (χ1) is 9.58. The van der Waals surface area contributed by atoms with Gasteiger partial charge in [-0.1, -0.05) is 13.8 Å². The Morgan fingerprint density at radius 1 is 1.45 bits per heavy atom. The molecule has 0 aliphatic rings. The van der Waals surface area contributed by atoms with Crippen LogP contribution in [0.3, 0.4) is 0 Å². The monoisotopic (exact) mass is 283 g/mol. The van der Waals surface area contributed by atoms with Crippen molar-refractivity contribution in [3.05, 3.63) is 18.0 Å². The van der Waals surface area contributed by atoms with Crippen LogP contribution in [0.5, 0.6) is 0 Å². The van der Waals surface area contributed by atoms with Gasteiger partial charge in [-0.2, -0.15) is 5.10 Å². The molecule has 0 bridgehead atoms. The minimum absolute atomic E-state index is 0.310. The molecule has 0 aliphatic heterocycles. The lowest BCUT2D eigenvalue weighted by molar-refractivity contribution is -0.0382. The highest BCUT2D eigenvalue weighted by atomic mass is 16.5. The van der Waals surface area contributed by atoms with Gasteiger partial charge in [0, 0.05) is 19.7 Å². The molecule has 0 aliphatic carbocycles. The van der Waals surface area contributed by atoms with Crippen LogP contribution in [0.25, 0.3) is 0 Å². The van der Waals surface area contributed by atoms with E-state index in [-0.39, 0.29) is 0 Å². The summed E-state index contributed by atoms with van der Waals surface area (Å²) in [6.07, 6.45) is 6.06. The number of methoxy groups -OCH3 is 1.